The number of fused-ring (bicyclic) bond motifs is 1. The Morgan fingerprint density at radius 1 is 1.31 bits per heavy atom. The number of amidine groups is 1. The highest BCUT2D eigenvalue weighted by atomic mass is 16.3. The summed E-state index contributed by atoms with van der Waals surface area (Å²) < 4.78 is 0. The molecule has 3 N–H and O–H groups in total. The van der Waals surface area contributed by atoms with Gasteiger partial charge in [-0.2, -0.15) is 0 Å². The summed E-state index contributed by atoms with van der Waals surface area (Å²) in [5, 5.41) is 9.28. The molecule has 1 heterocycles. The topological polar surface area (TPSA) is 71.0 Å². The van der Waals surface area contributed by atoms with Crippen LogP contribution in [0.5, 0.6) is 0 Å². The summed E-state index contributed by atoms with van der Waals surface area (Å²) in [5.41, 5.74) is 7.08. The van der Waals surface area contributed by atoms with E-state index in [1.807, 2.05) is 24.3 Å². The van der Waals surface area contributed by atoms with E-state index in [4.69, 9.17) is 5.73 Å². The van der Waals surface area contributed by atoms with Gasteiger partial charge in [0, 0.05) is 11.8 Å². The summed E-state index contributed by atoms with van der Waals surface area (Å²) in [6, 6.07) is 7.44. The van der Waals surface area contributed by atoms with Crippen LogP contribution in [-0.2, 0) is 0 Å². The zero-order valence-corrected chi connectivity index (χ0v) is 6.88. The molecule has 1 aliphatic heterocycles. The van der Waals surface area contributed by atoms with E-state index in [2.05, 4.69) is 9.98 Å². The summed E-state index contributed by atoms with van der Waals surface area (Å²) in [7, 11) is 0. The van der Waals surface area contributed by atoms with Gasteiger partial charge in [-0.05, 0) is 6.07 Å². The van der Waals surface area contributed by atoms with Gasteiger partial charge in [-0.15, -0.1) is 0 Å². The number of benzene rings is 1. The minimum atomic E-state index is -1.02. The molecule has 0 aromatic heterocycles. The van der Waals surface area contributed by atoms with Crippen LogP contribution >= 0.6 is 0 Å². The standard InChI is InChI=1S/C9H9N3O/c10-8-9(13)11-5-6-3-1-2-4-7(6)12-8/h1-5,9,13H,(H2,10,12). The van der Waals surface area contributed by atoms with Crippen LogP contribution in [0.2, 0.25) is 0 Å². The highest BCUT2D eigenvalue weighted by Gasteiger charge is 2.10. The zero-order valence-electron chi connectivity index (χ0n) is 6.88. The second kappa shape index (κ2) is 2.99. The number of para-hydroxylation sites is 1. The fourth-order valence-electron chi connectivity index (χ4n) is 1.12. The monoisotopic (exact) mass is 175 g/mol. The van der Waals surface area contributed by atoms with Gasteiger partial charge in [0.25, 0.3) is 0 Å². The number of rotatable bonds is 0. The van der Waals surface area contributed by atoms with Crippen molar-refractivity contribution in [2.75, 3.05) is 0 Å². The van der Waals surface area contributed by atoms with Crippen molar-refractivity contribution in [2.24, 2.45) is 15.7 Å². The Balaban J connectivity index is 2.56. The van der Waals surface area contributed by atoms with E-state index in [0.717, 1.165) is 11.3 Å². The maximum Gasteiger partial charge on any atom is 0.203 e. The van der Waals surface area contributed by atoms with Gasteiger partial charge in [-0.3, -0.25) is 4.99 Å². The van der Waals surface area contributed by atoms with Crippen LogP contribution in [0.3, 0.4) is 0 Å². The fourth-order valence-corrected chi connectivity index (χ4v) is 1.12. The lowest BCUT2D eigenvalue weighted by molar-refractivity contribution is 0.252. The molecular formula is C9H9N3O. The van der Waals surface area contributed by atoms with Crippen LogP contribution < -0.4 is 5.73 Å². The summed E-state index contributed by atoms with van der Waals surface area (Å²) in [5.74, 6) is 0.126. The minimum Gasteiger partial charge on any atom is -0.383 e. The van der Waals surface area contributed by atoms with Gasteiger partial charge in [0.2, 0.25) is 6.23 Å². The number of hydrogen-bond acceptors (Lipinski definition) is 4. The molecule has 4 nitrogen and oxygen atoms in total. The van der Waals surface area contributed by atoms with Crippen molar-refractivity contribution in [1.29, 1.82) is 0 Å². The molecule has 0 spiro atoms. The second-order valence-electron chi connectivity index (χ2n) is 2.75. The van der Waals surface area contributed by atoms with E-state index >= 15 is 0 Å². The Morgan fingerprint density at radius 3 is 2.92 bits per heavy atom. The second-order valence-corrected chi connectivity index (χ2v) is 2.75. The highest BCUT2D eigenvalue weighted by molar-refractivity contribution is 5.96. The summed E-state index contributed by atoms with van der Waals surface area (Å²) in [6.07, 6.45) is 0.552. The van der Waals surface area contributed by atoms with Crippen molar-refractivity contribution in [1.82, 2.24) is 0 Å². The summed E-state index contributed by atoms with van der Waals surface area (Å²) in [4.78, 5) is 7.86. The van der Waals surface area contributed by atoms with Gasteiger partial charge in [-0.25, -0.2) is 4.99 Å². The fraction of sp³-hybridized carbons (Fsp3) is 0.111. The Bertz CT molecular complexity index is 384. The first kappa shape index (κ1) is 7.94. The van der Waals surface area contributed by atoms with E-state index in [1.165, 1.54) is 0 Å². The van der Waals surface area contributed by atoms with Crippen LogP contribution in [0.25, 0.3) is 0 Å². The molecule has 4 heteroatoms. The molecule has 0 radical (unpaired) electrons. The maximum absolute atomic E-state index is 9.28. The third-order valence-corrected chi connectivity index (χ3v) is 1.81. The lowest BCUT2D eigenvalue weighted by Crippen LogP contribution is -2.26. The first-order valence-electron chi connectivity index (χ1n) is 3.92. The van der Waals surface area contributed by atoms with Gasteiger partial charge in [0.05, 0.1) is 5.69 Å². The third-order valence-electron chi connectivity index (χ3n) is 1.81. The van der Waals surface area contributed by atoms with Gasteiger partial charge in [0.1, 0.15) is 0 Å². The maximum atomic E-state index is 9.28. The predicted octanol–water partition coefficient (Wildman–Crippen LogP) is 0.426. The Labute approximate surface area is 75.4 Å². The zero-order chi connectivity index (χ0) is 9.26. The quantitative estimate of drug-likeness (QED) is 0.600. The van der Waals surface area contributed by atoms with E-state index < -0.39 is 6.23 Å². The smallest absolute Gasteiger partial charge is 0.203 e. The molecule has 0 saturated carbocycles. The van der Waals surface area contributed by atoms with Crippen molar-refractivity contribution in [3.8, 4) is 0 Å². The normalized spacial score (nSPS) is 20.4. The predicted molar refractivity (Wildman–Crippen MR) is 51.3 cm³/mol. The molecule has 0 bridgehead atoms. The van der Waals surface area contributed by atoms with E-state index in [1.54, 1.807) is 6.21 Å². The average molecular weight is 175 g/mol. The molecule has 0 aliphatic carbocycles. The van der Waals surface area contributed by atoms with Crippen LogP contribution in [0.15, 0.2) is 34.3 Å². The highest BCUT2D eigenvalue weighted by Crippen LogP contribution is 2.18. The van der Waals surface area contributed by atoms with E-state index in [9.17, 15) is 5.11 Å². The number of nitrogens with zero attached hydrogens (tertiary/aromatic N) is 2. The van der Waals surface area contributed by atoms with Gasteiger partial charge >= 0.3 is 0 Å². The molecule has 66 valence electrons. The average Bonchev–Trinajstić information content (AvgIpc) is 2.28. The van der Waals surface area contributed by atoms with Crippen molar-refractivity contribution in [3.63, 3.8) is 0 Å². The van der Waals surface area contributed by atoms with Crippen LogP contribution in [0.4, 0.5) is 5.69 Å². The Hall–Kier alpha value is -1.68. The van der Waals surface area contributed by atoms with Crippen molar-refractivity contribution < 1.29 is 5.11 Å². The molecule has 1 aromatic carbocycles. The SMILES string of the molecule is NC1=Nc2ccccc2C=NC1O. The Kier molecular flexibility index (Phi) is 1.83. The summed E-state index contributed by atoms with van der Waals surface area (Å²) in [6.45, 7) is 0. The van der Waals surface area contributed by atoms with Gasteiger partial charge in [-0.1, -0.05) is 18.2 Å². The largest absolute Gasteiger partial charge is 0.383 e. The first-order valence-corrected chi connectivity index (χ1v) is 3.92. The minimum absolute atomic E-state index is 0.126. The Morgan fingerprint density at radius 2 is 2.08 bits per heavy atom. The third kappa shape index (κ3) is 1.43. The van der Waals surface area contributed by atoms with Crippen molar-refractivity contribution in [3.05, 3.63) is 29.8 Å². The van der Waals surface area contributed by atoms with Crippen LogP contribution in [0, 0.1) is 0 Å². The number of nitrogens with two attached hydrogens (primary N) is 1. The van der Waals surface area contributed by atoms with Crippen LogP contribution in [-0.4, -0.2) is 23.4 Å². The van der Waals surface area contributed by atoms with E-state index in [-0.39, 0.29) is 5.84 Å². The molecule has 0 fully saturated rings. The number of aliphatic hydroxyl groups excluding tert-OH is 1. The first-order chi connectivity index (χ1) is 6.27. The molecule has 13 heavy (non-hydrogen) atoms. The van der Waals surface area contributed by atoms with E-state index in [0.29, 0.717) is 0 Å². The lowest BCUT2D eigenvalue weighted by atomic mass is 10.2. The molecule has 2 rings (SSSR count). The molecule has 1 aromatic rings. The van der Waals surface area contributed by atoms with Crippen LogP contribution in [0.1, 0.15) is 5.56 Å². The molecule has 1 aliphatic rings. The molecular weight excluding hydrogens is 166 g/mol. The molecule has 1 atom stereocenters. The van der Waals surface area contributed by atoms with Gasteiger partial charge < -0.3 is 10.8 Å². The number of aliphatic imine (C=N–C) groups is 2. The van der Waals surface area contributed by atoms with Gasteiger partial charge in [0.15, 0.2) is 5.84 Å². The molecule has 0 saturated heterocycles. The summed E-state index contributed by atoms with van der Waals surface area (Å²) >= 11 is 0. The lowest BCUT2D eigenvalue weighted by Gasteiger charge is -2.00. The molecule has 1 unspecified atom stereocenters. The van der Waals surface area contributed by atoms with Crippen molar-refractivity contribution >= 4 is 17.7 Å². The number of hydrogen-bond donors (Lipinski definition) is 2. The number of aliphatic hydroxyl groups is 1. The van der Waals surface area contributed by atoms with Crippen molar-refractivity contribution in [2.45, 2.75) is 6.23 Å². The molecule has 0 amide bonds.